The molecule has 0 aliphatic heterocycles. The van der Waals surface area contributed by atoms with Gasteiger partial charge in [-0.1, -0.05) is 41.7 Å². The maximum absolute atomic E-state index is 11.8. The number of rotatable bonds is 5. The highest BCUT2D eigenvalue weighted by atomic mass is 35.5. The number of aromatic nitrogens is 2. The van der Waals surface area contributed by atoms with Gasteiger partial charge in [0.2, 0.25) is 5.89 Å². The van der Waals surface area contributed by atoms with Gasteiger partial charge in [0.25, 0.3) is 0 Å². The van der Waals surface area contributed by atoms with Crippen molar-refractivity contribution in [3.8, 4) is 0 Å². The first-order chi connectivity index (χ1) is 11.5. The number of amides is 2. The van der Waals surface area contributed by atoms with E-state index >= 15 is 0 Å². The number of benzene rings is 1. The molecule has 1 heterocycles. The molecule has 4 N–H and O–H groups in total. The van der Waals surface area contributed by atoms with Crippen LogP contribution in [0, 0.1) is 0 Å². The minimum atomic E-state index is -0.488. The van der Waals surface area contributed by atoms with Crippen LogP contribution in [0.2, 0.25) is 5.02 Å². The van der Waals surface area contributed by atoms with Crippen molar-refractivity contribution in [2.75, 3.05) is 0 Å². The van der Waals surface area contributed by atoms with Gasteiger partial charge in [0.05, 0.1) is 12.1 Å². The normalized spacial score (nSPS) is 16.1. The van der Waals surface area contributed by atoms with E-state index in [1.807, 2.05) is 12.1 Å². The number of halogens is 1. The smallest absolute Gasteiger partial charge is 0.315 e. The topological polar surface area (TPSA) is 106 Å². The molecule has 2 amide bonds. The molecule has 1 fully saturated rings. The van der Waals surface area contributed by atoms with E-state index in [0.717, 1.165) is 31.2 Å². The Hall–Kier alpha value is -2.12. The molecule has 8 heteroatoms. The lowest BCUT2D eigenvalue weighted by Gasteiger charge is -2.17. The molecular formula is C16H20ClN5O2. The highest BCUT2D eigenvalue weighted by Gasteiger charge is 2.35. The van der Waals surface area contributed by atoms with Gasteiger partial charge in [-0.15, -0.1) is 0 Å². The van der Waals surface area contributed by atoms with Gasteiger partial charge in [-0.3, -0.25) is 0 Å². The lowest BCUT2D eigenvalue weighted by atomic mass is 9.99. The predicted octanol–water partition coefficient (Wildman–Crippen LogP) is 2.45. The summed E-state index contributed by atoms with van der Waals surface area (Å²) in [6.07, 6.45) is 3.87. The summed E-state index contributed by atoms with van der Waals surface area (Å²) in [6, 6.07) is 6.96. The lowest BCUT2D eigenvalue weighted by molar-refractivity contribution is 0.238. The van der Waals surface area contributed by atoms with Crippen molar-refractivity contribution < 1.29 is 9.32 Å². The first-order valence-corrected chi connectivity index (χ1v) is 8.31. The number of nitrogens with one attached hydrogen (secondary N) is 2. The van der Waals surface area contributed by atoms with Crippen molar-refractivity contribution in [1.29, 1.82) is 0 Å². The highest BCUT2D eigenvalue weighted by Crippen LogP contribution is 2.34. The summed E-state index contributed by atoms with van der Waals surface area (Å²) < 4.78 is 5.17. The summed E-state index contributed by atoms with van der Waals surface area (Å²) in [5.74, 6) is 0.877. The van der Waals surface area contributed by atoms with E-state index in [1.54, 1.807) is 12.1 Å². The third-order valence-electron chi connectivity index (χ3n) is 4.18. The molecule has 24 heavy (non-hydrogen) atoms. The summed E-state index contributed by atoms with van der Waals surface area (Å²) in [7, 11) is 0. The molecule has 128 valence electrons. The zero-order chi connectivity index (χ0) is 17.0. The fourth-order valence-corrected chi connectivity index (χ4v) is 2.89. The van der Waals surface area contributed by atoms with Crippen molar-refractivity contribution in [2.45, 2.75) is 44.3 Å². The van der Waals surface area contributed by atoms with Gasteiger partial charge >= 0.3 is 6.03 Å². The zero-order valence-corrected chi connectivity index (χ0v) is 14.0. The Balaban J connectivity index is 1.46. The highest BCUT2D eigenvalue weighted by molar-refractivity contribution is 6.30. The van der Waals surface area contributed by atoms with Crippen LogP contribution in [0.3, 0.4) is 0 Å². The number of nitrogens with two attached hydrogens (primary N) is 1. The second-order valence-corrected chi connectivity index (χ2v) is 6.47. The molecule has 1 saturated carbocycles. The Morgan fingerprint density at radius 3 is 2.58 bits per heavy atom. The third-order valence-corrected chi connectivity index (χ3v) is 4.43. The second kappa shape index (κ2) is 7.19. The Bertz CT molecular complexity index is 695. The van der Waals surface area contributed by atoms with Crippen LogP contribution < -0.4 is 16.4 Å². The molecule has 1 aliphatic carbocycles. The summed E-state index contributed by atoms with van der Waals surface area (Å²) in [5, 5.41) is 10.1. The number of carbonyl (C=O) groups excluding carboxylic acids is 1. The number of carbonyl (C=O) groups is 1. The largest absolute Gasteiger partial charge is 0.337 e. The van der Waals surface area contributed by atoms with Crippen molar-refractivity contribution in [3.05, 3.63) is 46.6 Å². The molecule has 0 spiro atoms. The molecule has 1 aromatic heterocycles. The molecular weight excluding hydrogens is 330 g/mol. The van der Waals surface area contributed by atoms with Crippen molar-refractivity contribution in [2.24, 2.45) is 5.73 Å². The van der Waals surface area contributed by atoms with E-state index in [9.17, 15) is 4.79 Å². The van der Waals surface area contributed by atoms with Crippen LogP contribution in [-0.4, -0.2) is 16.2 Å². The van der Waals surface area contributed by atoms with Gasteiger partial charge in [-0.25, -0.2) is 4.79 Å². The van der Waals surface area contributed by atoms with E-state index in [-0.39, 0.29) is 12.6 Å². The van der Waals surface area contributed by atoms with Gasteiger partial charge in [-0.05, 0) is 30.5 Å². The monoisotopic (exact) mass is 349 g/mol. The average molecular weight is 350 g/mol. The number of hydrogen-bond donors (Lipinski definition) is 3. The molecule has 0 unspecified atom stereocenters. The van der Waals surface area contributed by atoms with E-state index < -0.39 is 5.54 Å². The standard InChI is InChI=1S/C16H20ClN5O2/c17-12-5-3-11(4-6-12)9-19-15(23)20-10-13-21-14(22-24-13)16(18)7-1-2-8-16/h3-6H,1-2,7-10,18H2,(H2,19,20,23). The maximum Gasteiger partial charge on any atom is 0.315 e. The van der Waals surface area contributed by atoms with Crippen LogP contribution in [0.4, 0.5) is 4.79 Å². The molecule has 0 bridgehead atoms. The third kappa shape index (κ3) is 4.04. The Labute approximate surface area is 144 Å². The van der Waals surface area contributed by atoms with Crippen LogP contribution >= 0.6 is 11.6 Å². The first kappa shape index (κ1) is 16.7. The number of nitrogens with zero attached hydrogens (tertiary/aromatic N) is 2. The minimum Gasteiger partial charge on any atom is -0.337 e. The predicted molar refractivity (Wildman–Crippen MR) is 89.2 cm³/mol. The van der Waals surface area contributed by atoms with Crippen molar-refractivity contribution in [3.63, 3.8) is 0 Å². The molecule has 1 aromatic carbocycles. The lowest BCUT2D eigenvalue weighted by Crippen LogP contribution is -2.35. The number of urea groups is 1. The summed E-state index contributed by atoms with van der Waals surface area (Å²) in [6.45, 7) is 0.569. The van der Waals surface area contributed by atoms with Crippen LogP contribution in [0.5, 0.6) is 0 Å². The van der Waals surface area contributed by atoms with Gasteiger partial charge in [0.1, 0.15) is 0 Å². The van der Waals surface area contributed by atoms with Crippen LogP contribution in [0.15, 0.2) is 28.8 Å². The van der Waals surface area contributed by atoms with E-state index in [1.165, 1.54) is 0 Å². The Kier molecular flexibility index (Phi) is 5.01. The van der Waals surface area contributed by atoms with Gasteiger partial charge in [0, 0.05) is 11.6 Å². The molecule has 7 nitrogen and oxygen atoms in total. The SMILES string of the molecule is NC1(c2noc(CNC(=O)NCc3ccc(Cl)cc3)n2)CCCC1. The quantitative estimate of drug-likeness (QED) is 0.768. The van der Waals surface area contributed by atoms with E-state index in [2.05, 4.69) is 20.8 Å². The minimum absolute atomic E-state index is 0.162. The van der Waals surface area contributed by atoms with Crippen molar-refractivity contribution in [1.82, 2.24) is 20.8 Å². The summed E-state index contributed by atoms with van der Waals surface area (Å²) in [4.78, 5) is 16.1. The first-order valence-electron chi connectivity index (χ1n) is 7.93. The maximum atomic E-state index is 11.8. The fraction of sp³-hybridized carbons (Fsp3) is 0.438. The molecule has 3 rings (SSSR count). The van der Waals surface area contributed by atoms with Gasteiger partial charge < -0.3 is 20.9 Å². The van der Waals surface area contributed by atoms with E-state index in [0.29, 0.717) is 23.3 Å². The molecule has 1 aliphatic rings. The van der Waals surface area contributed by atoms with Gasteiger partial charge in [-0.2, -0.15) is 4.98 Å². The van der Waals surface area contributed by atoms with E-state index in [4.69, 9.17) is 21.9 Å². The Morgan fingerprint density at radius 1 is 1.21 bits per heavy atom. The van der Waals surface area contributed by atoms with Crippen molar-refractivity contribution >= 4 is 17.6 Å². The van der Waals surface area contributed by atoms with Crippen LogP contribution in [0.25, 0.3) is 0 Å². The summed E-state index contributed by atoms with van der Waals surface area (Å²) in [5.41, 5.74) is 6.75. The molecule has 0 saturated heterocycles. The van der Waals surface area contributed by atoms with Crippen LogP contribution in [0.1, 0.15) is 43.0 Å². The summed E-state index contributed by atoms with van der Waals surface area (Å²) >= 11 is 5.82. The molecule has 0 radical (unpaired) electrons. The molecule has 2 aromatic rings. The molecule has 0 atom stereocenters. The Morgan fingerprint density at radius 2 is 1.88 bits per heavy atom. The second-order valence-electron chi connectivity index (χ2n) is 6.04. The van der Waals surface area contributed by atoms with Crippen LogP contribution in [-0.2, 0) is 18.6 Å². The van der Waals surface area contributed by atoms with Gasteiger partial charge in [0.15, 0.2) is 5.82 Å². The number of hydrogen-bond acceptors (Lipinski definition) is 5. The zero-order valence-electron chi connectivity index (χ0n) is 13.2. The average Bonchev–Trinajstić information content (AvgIpc) is 3.22. The fourth-order valence-electron chi connectivity index (χ4n) is 2.76.